The molecular formula is C28H46N6O2. The number of hydrogen-bond acceptors (Lipinski definition) is 7. The molecule has 2 fully saturated rings. The fourth-order valence-corrected chi connectivity index (χ4v) is 5.84. The van der Waals surface area contributed by atoms with Crippen molar-refractivity contribution in [1.29, 1.82) is 0 Å². The van der Waals surface area contributed by atoms with Gasteiger partial charge in [0, 0.05) is 56.6 Å². The number of aryl methyl sites for hydroxylation is 1. The van der Waals surface area contributed by atoms with E-state index in [1.807, 2.05) is 6.20 Å². The van der Waals surface area contributed by atoms with Gasteiger partial charge >= 0.3 is 5.97 Å². The van der Waals surface area contributed by atoms with Gasteiger partial charge in [0.05, 0.1) is 11.7 Å². The van der Waals surface area contributed by atoms with E-state index in [0.717, 1.165) is 80.9 Å². The van der Waals surface area contributed by atoms with Gasteiger partial charge in [-0.05, 0) is 69.9 Å². The van der Waals surface area contributed by atoms with Crippen LogP contribution in [0.3, 0.4) is 0 Å². The van der Waals surface area contributed by atoms with Crippen molar-refractivity contribution in [3.63, 3.8) is 0 Å². The Hall–Kier alpha value is -2.00. The van der Waals surface area contributed by atoms with E-state index in [2.05, 4.69) is 52.8 Å². The summed E-state index contributed by atoms with van der Waals surface area (Å²) in [5, 5.41) is 5.56. The number of unbranched alkanes of at least 4 members (excludes halogenated alkanes) is 2. The third-order valence-electron chi connectivity index (χ3n) is 7.92. The lowest BCUT2D eigenvalue weighted by Crippen LogP contribution is -2.54. The molecule has 0 amide bonds. The average molecular weight is 499 g/mol. The van der Waals surface area contributed by atoms with Gasteiger partial charge in [0.2, 0.25) is 0 Å². The molecule has 0 unspecified atom stereocenters. The molecule has 8 heteroatoms. The first-order valence-corrected chi connectivity index (χ1v) is 13.9. The second kappa shape index (κ2) is 13.0. The van der Waals surface area contributed by atoms with Gasteiger partial charge in [-0.15, -0.1) is 0 Å². The van der Waals surface area contributed by atoms with Crippen LogP contribution in [0.25, 0.3) is 10.9 Å². The largest absolute Gasteiger partial charge is 0.442 e. The van der Waals surface area contributed by atoms with Crippen LogP contribution in [0, 0.1) is 6.92 Å². The van der Waals surface area contributed by atoms with Crippen LogP contribution in [-0.4, -0.2) is 95.4 Å². The molecule has 1 aromatic heterocycles. The molecule has 0 radical (unpaired) electrons. The Bertz CT molecular complexity index is 976. The van der Waals surface area contributed by atoms with Crippen LogP contribution in [-0.2, 0) is 22.7 Å². The standard InChI is InChI=1S/C28H46N6O2/c1-4-5-6-7-27(35)36-21-34-28-22(2)16-23(17-24(28)19-30-34)18-25(29)20-32-12-14-33(15-13-32)26-8-10-31(3)11-9-26/h16-17,19,25-26H,4-15,18,20-21,29H2,1-3H3/t25-/m1/s1. The predicted molar refractivity (Wildman–Crippen MR) is 145 cm³/mol. The van der Waals surface area contributed by atoms with Gasteiger partial charge in [0.1, 0.15) is 0 Å². The molecule has 2 aliphatic rings. The van der Waals surface area contributed by atoms with Gasteiger partial charge in [0.25, 0.3) is 0 Å². The van der Waals surface area contributed by atoms with Gasteiger partial charge < -0.3 is 15.4 Å². The fraction of sp³-hybridized carbons (Fsp3) is 0.714. The maximum atomic E-state index is 12.0. The fourth-order valence-electron chi connectivity index (χ4n) is 5.84. The summed E-state index contributed by atoms with van der Waals surface area (Å²) < 4.78 is 7.24. The van der Waals surface area contributed by atoms with Crippen LogP contribution in [0.4, 0.5) is 0 Å². The summed E-state index contributed by atoms with van der Waals surface area (Å²) in [5.41, 5.74) is 10.0. The first-order valence-electron chi connectivity index (χ1n) is 13.9. The maximum Gasteiger partial charge on any atom is 0.307 e. The highest BCUT2D eigenvalue weighted by atomic mass is 16.5. The van der Waals surface area contributed by atoms with E-state index in [4.69, 9.17) is 10.5 Å². The number of likely N-dealkylation sites (tertiary alicyclic amines) is 1. The first kappa shape index (κ1) is 27.0. The van der Waals surface area contributed by atoms with Crippen molar-refractivity contribution < 1.29 is 9.53 Å². The van der Waals surface area contributed by atoms with Crippen LogP contribution in [0.1, 0.15) is 56.6 Å². The van der Waals surface area contributed by atoms with Crippen LogP contribution in [0.15, 0.2) is 18.3 Å². The third kappa shape index (κ3) is 7.28. The molecule has 4 rings (SSSR count). The van der Waals surface area contributed by atoms with Crippen LogP contribution >= 0.6 is 0 Å². The summed E-state index contributed by atoms with van der Waals surface area (Å²) in [5.74, 6) is -0.153. The number of rotatable bonds is 11. The highest BCUT2D eigenvalue weighted by molar-refractivity contribution is 5.82. The number of carbonyl (C=O) groups excluding carboxylic acids is 1. The number of esters is 1. The lowest BCUT2D eigenvalue weighted by atomic mass is 10.0. The summed E-state index contributed by atoms with van der Waals surface area (Å²) in [6.07, 6.45) is 8.82. The van der Waals surface area contributed by atoms with E-state index < -0.39 is 0 Å². The number of ether oxygens (including phenoxy) is 1. The number of hydrogen-bond donors (Lipinski definition) is 1. The number of nitrogens with two attached hydrogens (primary N) is 1. The zero-order valence-electron chi connectivity index (χ0n) is 22.6. The number of fused-ring (bicyclic) bond motifs is 1. The lowest BCUT2D eigenvalue weighted by molar-refractivity contribution is -0.147. The number of carbonyl (C=O) groups is 1. The second-order valence-electron chi connectivity index (χ2n) is 10.9. The van der Waals surface area contributed by atoms with Crippen molar-refractivity contribution in [3.05, 3.63) is 29.5 Å². The Morgan fingerprint density at radius 2 is 1.89 bits per heavy atom. The monoisotopic (exact) mass is 498 g/mol. The molecule has 36 heavy (non-hydrogen) atoms. The molecule has 0 spiro atoms. The SMILES string of the molecule is CCCCCC(=O)OCn1ncc2cc(C[C@@H](N)CN3CCN(C4CCN(C)CC4)CC3)cc(C)c21. The topological polar surface area (TPSA) is 79.9 Å². The van der Waals surface area contributed by atoms with Gasteiger partial charge in [-0.3, -0.25) is 14.6 Å². The number of piperazine rings is 1. The number of benzene rings is 1. The van der Waals surface area contributed by atoms with Crippen LogP contribution in [0.5, 0.6) is 0 Å². The minimum absolute atomic E-state index is 0.107. The molecule has 1 aromatic carbocycles. The number of nitrogens with zero attached hydrogens (tertiary/aromatic N) is 5. The third-order valence-corrected chi connectivity index (χ3v) is 7.92. The second-order valence-corrected chi connectivity index (χ2v) is 10.9. The molecule has 2 saturated heterocycles. The van der Waals surface area contributed by atoms with E-state index >= 15 is 0 Å². The van der Waals surface area contributed by atoms with Crippen molar-refractivity contribution in [2.75, 3.05) is 52.9 Å². The van der Waals surface area contributed by atoms with E-state index in [1.54, 1.807) is 4.68 Å². The first-order chi connectivity index (χ1) is 17.4. The van der Waals surface area contributed by atoms with Crippen molar-refractivity contribution >= 4 is 16.9 Å². The maximum absolute atomic E-state index is 12.0. The Balaban J connectivity index is 1.25. The highest BCUT2D eigenvalue weighted by Crippen LogP contribution is 2.22. The Morgan fingerprint density at radius 1 is 1.14 bits per heavy atom. The molecule has 2 N–H and O–H groups in total. The molecule has 8 nitrogen and oxygen atoms in total. The van der Waals surface area contributed by atoms with Crippen molar-refractivity contribution in [2.24, 2.45) is 5.73 Å². The smallest absolute Gasteiger partial charge is 0.307 e. The molecule has 2 aromatic rings. The summed E-state index contributed by atoms with van der Waals surface area (Å²) in [7, 11) is 2.23. The van der Waals surface area contributed by atoms with Gasteiger partial charge in [0.15, 0.2) is 6.73 Å². The molecule has 0 bridgehead atoms. The number of aromatic nitrogens is 2. The average Bonchev–Trinajstić information content (AvgIpc) is 3.27. The molecule has 0 saturated carbocycles. The van der Waals surface area contributed by atoms with Crippen molar-refractivity contribution in [1.82, 2.24) is 24.5 Å². The van der Waals surface area contributed by atoms with Gasteiger partial charge in [-0.1, -0.05) is 25.8 Å². The highest BCUT2D eigenvalue weighted by Gasteiger charge is 2.27. The van der Waals surface area contributed by atoms with Crippen molar-refractivity contribution in [2.45, 2.75) is 77.6 Å². The number of piperidine rings is 1. The Labute approximate surface area is 216 Å². The van der Waals surface area contributed by atoms with Crippen LogP contribution < -0.4 is 5.73 Å². The van der Waals surface area contributed by atoms with Gasteiger partial charge in [-0.25, -0.2) is 4.68 Å². The summed E-state index contributed by atoms with van der Waals surface area (Å²) in [6, 6.07) is 5.27. The summed E-state index contributed by atoms with van der Waals surface area (Å²) in [6.45, 7) is 12.3. The zero-order valence-corrected chi connectivity index (χ0v) is 22.6. The molecule has 200 valence electrons. The van der Waals surface area contributed by atoms with E-state index in [9.17, 15) is 4.79 Å². The predicted octanol–water partition coefficient (Wildman–Crippen LogP) is 3.01. The summed E-state index contributed by atoms with van der Waals surface area (Å²) in [4.78, 5) is 19.7. The Kier molecular flexibility index (Phi) is 9.76. The normalized spacial score (nSPS) is 19.7. The van der Waals surface area contributed by atoms with Gasteiger partial charge in [-0.2, -0.15) is 5.10 Å². The van der Waals surface area contributed by atoms with Crippen molar-refractivity contribution in [3.8, 4) is 0 Å². The Morgan fingerprint density at radius 3 is 2.61 bits per heavy atom. The molecule has 2 aliphatic heterocycles. The van der Waals surface area contributed by atoms with Crippen LogP contribution in [0.2, 0.25) is 0 Å². The molecule has 0 aliphatic carbocycles. The quantitative estimate of drug-likeness (QED) is 0.377. The lowest BCUT2D eigenvalue weighted by Gasteiger charge is -2.42. The van der Waals surface area contributed by atoms with E-state index in [-0.39, 0.29) is 18.7 Å². The molecular weight excluding hydrogens is 452 g/mol. The molecule has 3 heterocycles. The minimum atomic E-state index is -0.153. The zero-order chi connectivity index (χ0) is 25.5. The molecule has 1 atom stereocenters. The van der Waals surface area contributed by atoms with E-state index in [1.165, 1.54) is 31.5 Å². The summed E-state index contributed by atoms with van der Waals surface area (Å²) >= 11 is 0. The minimum Gasteiger partial charge on any atom is -0.442 e. The van der Waals surface area contributed by atoms with E-state index in [0.29, 0.717) is 6.42 Å².